The van der Waals surface area contributed by atoms with Crippen LogP contribution in [0, 0.1) is 0 Å². The third-order valence-electron chi connectivity index (χ3n) is 4.95. The molecule has 3 amide bonds. The highest BCUT2D eigenvalue weighted by molar-refractivity contribution is 6.07. The second-order valence-electron chi connectivity index (χ2n) is 6.48. The van der Waals surface area contributed by atoms with E-state index in [0.29, 0.717) is 25.3 Å². The molecular weight excluding hydrogens is 316 g/mol. The molecule has 1 fully saturated rings. The molecule has 1 unspecified atom stereocenters. The molecule has 0 saturated carbocycles. The van der Waals surface area contributed by atoms with Crippen LogP contribution in [-0.4, -0.2) is 30.0 Å². The van der Waals surface area contributed by atoms with Gasteiger partial charge in [0.05, 0.1) is 6.61 Å². The molecule has 5 heteroatoms. The predicted octanol–water partition coefficient (Wildman–Crippen LogP) is 2.85. The summed E-state index contributed by atoms with van der Waals surface area (Å²) in [6.45, 7) is 0.839. The van der Waals surface area contributed by atoms with Crippen LogP contribution >= 0.6 is 0 Å². The number of para-hydroxylation sites is 1. The summed E-state index contributed by atoms with van der Waals surface area (Å²) in [6.07, 6.45) is 2.05. The van der Waals surface area contributed by atoms with Gasteiger partial charge in [0.15, 0.2) is 5.54 Å². The molecule has 2 aliphatic heterocycles. The van der Waals surface area contributed by atoms with Gasteiger partial charge in [-0.15, -0.1) is 0 Å². The van der Waals surface area contributed by atoms with Gasteiger partial charge in [-0.2, -0.15) is 0 Å². The van der Waals surface area contributed by atoms with Gasteiger partial charge in [0, 0.05) is 18.5 Å². The number of rotatable bonds is 4. The number of aryl methyl sites for hydroxylation is 1. The SMILES string of the molecule is O=C1NC2(CCOc3ccccc32)C(=O)N1CCCc1ccccc1. The molecule has 0 aromatic heterocycles. The maximum atomic E-state index is 13.1. The largest absolute Gasteiger partial charge is 0.493 e. The lowest BCUT2D eigenvalue weighted by molar-refractivity contribution is -0.132. The van der Waals surface area contributed by atoms with Gasteiger partial charge in [0.2, 0.25) is 0 Å². The number of amides is 3. The lowest BCUT2D eigenvalue weighted by Gasteiger charge is -2.33. The van der Waals surface area contributed by atoms with Gasteiger partial charge in [-0.25, -0.2) is 4.79 Å². The lowest BCUT2D eigenvalue weighted by Crippen LogP contribution is -2.47. The highest BCUT2D eigenvalue weighted by Crippen LogP contribution is 2.40. The van der Waals surface area contributed by atoms with Gasteiger partial charge in [-0.3, -0.25) is 9.69 Å². The number of nitrogens with one attached hydrogen (secondary N) is 1. The number of carbonyl (C=O) groups excluding carboxylic acids is 2. The summed E-state index contributed by atoms with van der Waals surface area (Å²) < 4.78 is 5.65. The standard InChI is InChI=1S/C20H20N2O3/c23-18-20(12-14-25-17-11-5-4-10-16(17)20)21-19(24)22(18)13-6-9-15-7-2-1-3-8-15/h1-5,7-8,10-11H,6,9,12-14H2,(H,21,24). The van der Waals surface area contributed by atoms with Crippen LogP contribution in [0.2, 0.25) is 0 Å². The maximum Gasteiger partial charge on any atom is 0.325 e. The Morgan fingerprint density at radius 2 is 1.80 bits per heavy atom. The number of nitrogens with zero attached hydrogens (tertiary/aromatic N) is 1. The van der Waals surface area contributed by atoms with E-state index in [2.05, 4.69) is 17.4 Å². The Hall–Kier alpha value is -2.82. The van der Waals surface area contributed by atoms with Crippen LogP contribution in [0.4, 0.5) is 4.79 Å². The minimum atomic E-state index is -0.974. The van der Waals surface area contributed by atoms with Crippen molar-refractivity contribution in [3.8, 4) is 5.75 Å². The smallest absolute Gasteiger partial charge is 0.325 e. The summed E-state index contributed by atoms with van der Waals surface area (Å²) in [5.74, 6) is 0.509. The predicted molar refractivity (Wildman–Crippen MR) is 93.2 cm³/mol. The molecule has 25 heavy (non-hydrogen) atoms. The quantitative estimate of drug-likeness (QED) is 0.874. The second-order valence-corrected chi connectivity index (χ2v) is 6.48. The zero-order chi connectivity index (χ0) is 17.3. The van der Waals surface area contributed by atoms with E-state index >= 15 is 0 Å². The molecular formula is C20H20N2O3. The molecule has 128 valence electrons. The van der Waals surface area contributed by atoms with Crippen LogP contribution in [0.1, 0.15) is 24.0 Å². The van der Waals surface area contributed by atoms with E-state index in [-0.39, 0.29) is 11.9 Å². The first-order valence-electron chi connectivity index (χ1n) is 8.61. The van der Waals surface area contributed by atoms with Crippen molar-refractivity contribution < 1.29 is 14.3 Å². The summed E-state index contributed by atoms with van der Waals surface area (Å²) in [5, 5.41) is 2.93. The summed E-state index contributed by atoms with van der Waals surface area (Å²) in [4.78, 5) is 26.9. The monoisotopic (exact) mass is 336 g/mol. The molecule has 2 aromatic carbocycles. The van der Waals surface area contributed by atoms with Crippen molar-refractivity contribution in [1.29, 1.82) is 0 Å². The summed E-state index contributed by atoms with van der Waals surface area (Å²) in [6, 6.07) is 17.2. The van der Waals surface area contributed by atoms with Crippen LogP contribution in [-0.2, 0) is 16.8 Å². The number of ether oxygens (including phenoxy) is 1. The van der Waals surface area contributed by atoms with Gasteiger partial charge in [0.1, 0.15) is 5.75 Å². The van der Waals surface area contributed by atoms with Crippen LogP contribution in [0.15, 0.2) is 54.6 Å². The molecule has 1 spiro atoms. The highest BCUT2D eigenvalue weighted by Gasteiger charge is 2.54. The zero-order valence-electron chi connectivity index (χ0n) is 13.9. The lowest BCUT2D eigenvalue weighted by atomic mass is 9.84. The van der Waals surface area contributed by atoms with Crippen LogP contribution in [0.3, 0.4) is 0 Å². The van der Waals surface area contributed by atoms with E-state index in [1.807, 2.05) is 42.5 Å². The molecule has 4 rings (SSSR count). The second kappa shape index (κ2) is 6.24. The Morgan fingerprint density at radius 1 is 1.04 bits per heavy atom. The normalized spacial score (nSPS) is 21.8. The first-order chi connectivity index (χ1) is 12.2. The first-order valence-corrected chi connectivity index (χ1v) is 8.61. The van der Waals surface area contributed by atoms with Crippen molar-refractivity contribution in [2.45, 2.75) is 24.8 Å². The van der Waals surface area contributed by atoms with E-state index in [0.717, 1.165) is 18.4 Å². The van der Waals surface area contributed by atoms with Crippen molar-refractivity contribution in [3.05, 3.63) is 65.7 Å². The average Bonchev–Trinajstić information content (AvgIpc) is 2.88. The summed E-state index contributed by atoms with van der Waals surface area (Å²) in [7, 11) is 0. The Labute approximate surface area is 146 Å². The van der Waals surface area contributed by atoms with E-state index < -0.39 is 5.54 Å². The van der Waals surface area contributed by atoms with E-state index in [9.17, 15) is 9.59 Å². The maximum absolute atomic E-state index is 13.1. The molecule has 0 aliphatic carbocycles. The van der Waals surface area contributed by atoms with Gasteiger partial charge >= 0.3 is 6.03 Å². The minimum Gasteiger partial charge on any atom is -0.493 e. The van der Waals surface area contributed by atoms with Crippen molar-refractivity contribution in [1.82, 2.24) is 10.2 Å². The highest BCUT2D eigenvalue weighted by atomic mass is 16.5. The topological polar surface area (TPSA) is 58.6 Å². The Balaban J connectivity index is 1.51. The fourth-order valence-corrected chi connectivity index (χ4v) is 3.66. The summed E-state index contributed by atoms with van der Waals surface area (Å²) in [5.41, 5.74) is 0.990. The number of carbonyl (C=O) groups is 2. The average molecular weight is 336 g/mol. The first kappa shape index (κ1) is 15.7. The van der Waals surface area contributed by atoms with Crippen LogP contribution < -0.4 is 10.1 Å². The van der Waals surface area contributed by atoms with Gasteiger partial charge in [-0.05, 0) is 24.5 Å². The number of imide groups is 1. The fourth-order valence-electron chi connectivity index (χ4n) is 3.66. The molecule has 1 N–H and O–H groups in total. The Kier molecular flexibility index (Phi) is 3.92. The Morgan fingerprint density at radius 3 is 2.64 bits per heavy atom. The van der Waals surface area contributed by atoms with E-state index in [1.54, 1.807) is 0 Å². The number of urea groups is 1. The van der Waals surface area contributed by atoms with Gasteiger partial charge in [-0.1, -0.05) is 48.5 Å². The molecule has 1 saturated heterocycles. The van der Waals surface area contributed by atoms with Gasteiger partial charge in [0.25, 0.3) is 5.91 Å². The Bertz CT molecular complexity index is 806. The van der Waals surface area contributed by atoms with Crippen molar-refractivity contribution in [2.24, 2.45) is 0 Å². The fraction of sp³-hybridized carbons (Fsp3) is 0.300. The third-order valence-corrected chi connectivity index (χ3v) is 4.95. The van der Waals surface area contributed by atoms with Crippen molar-refractivity contribution in [2.75, 3.05) is 13.2 Å². The molecule has 5 nitrogen and oxygen atoms in total. The number of fused-ring (bicyclic) bond motifs is 2. The zero-order valence-corrected chi connectivity index (χ0v) is 13.9. The van der Waals surface area contributed by atoms with Crippen molar-refractivity contribution >= 4 is 11.9 Å². The molecule has 0 bridgehead atoms. The minimum absolute atomic E-state index is 0.165. The summed E-state index contributed by atoms with van der Waals surface area (Å²) >= 11 is 0. The molecule has 2 aromatic rings. The van der Waals surface area contributed by atoms with Crippen LogP contribution in [0.25, 0.3) is 0 Å². The molecule has 2 aliphatic rings. The number of hydrogen-bond acceptors (Lipinski definition) is 3. The van der Waals surface area contributed by atoms with Crippen molar-refractivity contribution in [3.63, 3.8) is 0 Å². The molecule has 0 radical (unpaired) electrons. The number of benzene rings is 2. The molecule has 1 atom stereocenters. The molecule has 2 heterocycles. The van der Waals surface area contributed by atoms with Gasteiger partial charge < -0.3 is 10.1 Å². The third kappa shape index (κ3) is 2.65. The van der Waals surface area contributed by atoms with E-state index in [1.165, 1.54) is 10.5 Å². The number of hydrogen-bond donors (Lipinski definition) is 1. The van der Waals surface area contributed by atoms with Crippen LogP contribution in [0.5, 0.6) is 5.75 Å². The van der Waals surface area contributed by atoms with E-state index in [4.69, 9.17) is 4.74 Å².